The third-order valence-electron chi connectivity index (χ3n) is 0. The molecular formula is C4H12Br2O2V. The molecule has 0 aromatic carbocycles. The van der Waals surface area contributed by atoms with Gasteiger partial charge < -0.3 is 10.2 Å². The molecule has 2 N–H and O–H groups in total. The molecule has 0 aliphatic heterocycles. The van der Waals surface area contributed by atoms with Gasteiger partial charge in [0.05, 0.1) is 0 Å². The van der Waals surface area contributed by atoms with Crippen LogP contribution in [0.3, 0.4) is 0 Å². The van der Waals surface area contributed by atoms with Gasteiger partial charge in [-0.25, -0.2) is 0 Å². The van der Waals surface area contributed by atoms with Crippen molar-refractivity contribution in [3.63, 3.8) is 0 Å². The second kappa shape index (κ2) is 34.0. The van der Waals surface area contributed by atoms with Gasteiger partial charge in [0, 0.05) is 13.2 Å². The molecule has 0 spiro atoms. The van der Waals surface area contributed by atoms with Crippen molar-refractivity contribution in [1.82, 2.24) is 0 Å². The van der Waals surface area contributed by atoms with Crippen molar-refractivity contribution < 1.29 is 22.7 Å². The summed E-state index contributed by atoms with van der Waals surface area (Å²) in [5, 5.41) is 15.1. The molecule has 0 aliphatic carbocycles. The first-order chi connectivity index (χ1) is 4.24. The number of hydrogen-bond donors (Lipinski definition) is 2. The van der Waals surface area contributed by atoms with E-state index in [0.717, 1.165) is 0 Å². The molecule has 0 aliphatic rings. The van der Waals surface area contributed by atoms with Crippen LogP contribution in [0.15, 0.2) is 0 Å². The Hall–Kier alpha value is 1.46. The monoisotopic (exact) mass is 301 g/mol. The summed E-state index contributed by atoms with van der Waals surface area (Å²) in [6, 6.07) is 0. The van der Waals surface area contributed by atoms with Crippen LogP contribution in [0.2, 0.25) is 0 Å². The standard InChI is InChI=1S/2C2H6O.2BrH.V/c2*1-2-3;;;/h2*3H,2H2,1H3;2*1H;/q;;;;+2/p-2. The molecule has 0 radical (unpaired) electrons. The summed E-state index contributed by atoms with van der Waals surface area (Å²) in [6.07, 6.45) is 0. The number of halogens is 2. The summed E-state index contributed by atoms with van der Waals surface area (Å²) in [5.74, 6) is 0. The number of rotatable bonds is 0. The van der Waals surface area contributed by atoms with Crippen LogP contribution in [0, 0.1) is 0 Å². The van der Waals surface area contributed by atoms with E-state index in [1.54, 1.807) is 13.8 Å². The number of aliphatic hydroxyl groups is 2. The quantitative estimate of drug-likeness (QED) is 0.715. The Balaban J connectivity index is -0.0000000600. The molecule has 0 aromatic heterocycles. The van der Waals surface area contributed by atoms with Gasteiger partial charge >= 0.3 is 40.1 Å². The molecule has 0 bridgehead atoms. The fourth-order valence-corrected chi connectivity index (χ4v) is 0. The van der Waals surface area contributed by atoms with Gasteiger partial charge in [0.15, 0.2) is 0 Å². The fraction of sp³-hybridized carbons (Fsp3) is 1.00. The molecule has 0 fully saturated rings. The van der Waals surface area contributed by atoms with Gasteiger partial charge in [-0.2, -0.15) is 0 Å². The first-order valence-corrected chi connectivity index (χ1v) is 9.29. The van der Waals surface area contributed by atoms with Gasteiger partial charge in [-0.3, -0.25) is 0 Å². The van der Waals surface area contributed by atoms with E-state index in [0.29, 0.717) is 12.5 Å². The Morgan fingerprint density at radius 1 is 1.11 bits per heavy atom. The van der Waals surface area contributed by atoms with Crippen molar-refractivity contribution in [3.8, 4) is 0 Å². The predicted octanol–water partition coefficient (Wildman–Crippen LogP) is 1.69. The number of hydrogen-bond acceptors (Lipinski definition) is 2. The van der Waals surface area contributed by atoms with Crippen LogP contribution in [-0.2, 0) is 12.5 Å². The van der Waals surface area contributed by atoms with E-state index in [9.17, 15) is 0 Å². The van der Waals surface area contributed by atoms with E-state index < -0.39 is 0 Å². The van der Waals surface area contributed by atoms with Crippen molar-refractivity contribution in [2.24, 2.45) is 0 Å². The van der Waals surface area contributed by atoms with E-state index >= 15 is 0 Å². The molecule has 9 heavy (non-hydrogen) atoms. The normalized spacial score (nSPS) is 5.56. The van der Waals surface area contributed by atoms with Crippen LogP contribution < -0.4 is 0 Å². The molecule has 0 saturated heterocycles. The molecule has 2 nitrogen and oxygen atoms in total. The van der Waals surface area contributed by atoms with Crippen molar-refractivity contribution in [2.45, 2.75) is 13.8 Å². The molecule has 0 aromatic rings. The molecule has 0 saturated carbocycles. The summed E-state index contributed by atoms with van der Waals surface area (Å²) in [6.45, 7) is 3.86. The zero-order chi connectivity index (χ0) is 8.12. The third-order valence-corrected chi connectivity index (χ3v) is 0. The van der Waals surface area contributed by atoms with E-state index in [1.807, 2.05) is 0 Å². The van der Waals surface area contributed by atoms with Gasteiger partial charge in [-0.05, 0) is 13.8 Å². The average molecular weight is 303 g/mol. The first kappa shape index (κ1) is 16.8. The maximum absolute atomic E-state index is 7.57. The van der Waals surface area contributed by atoms with Crippen molar-refractivity contribution in [3.05, 3.63) is 0 Å². The predicted molar refractivity (Wildman–Crippen MR) is 43.4 cm³/mol. The summed E-state index contributed by atoms with van der Waals surface area (Å²) in [5.41, 5.74) is 0. The Morgan fingerprint density at radius 3 is 1.11 bits per heavy atom. The zero-order valence-electron chi connectivity index (χ0n) is 5.51. The molecule has 5 heteroatoms. The average Bonchev–Trinajstić information content (AvgIpc) is 1.70. The van der Waals surface area contributed by atoms with E-state index in [2.05, 4.69) is 27.6 Å². The summed E-state index contributed by atoms with van der Waals surface area (Å²) >= 11 is 6.62. The zero-order valence-corrected chi connectivity index (χ0v) is 10.1. The second-order valence-electron chi connectivity index (χ2n) is 0.696. The maximum atomic E-state index is 7.57. The Morgan fingerprint density at radius 2 is 1.11 bits per heavy atom. The van der Waals surface area contributed by atoms with Crippen LogP contribution in [0.4, 0.5) is 0 Å². The van der Waals surface area contributed by atoms with Crippen LogP contribution in [-0.4, -0.2) is 23.4 Å². The van der Waals surface area contributed by atoms with Gasteiger partial charge in [-0.15, -0.1) is 0 Å². The van der Waals surface area contributed by atoms with Crippen LogP contribution in [0.1, 0.15) is 13.8 Å². The van der Waals surface area contributed by atoms with E-state index in [1.165, 1.54) is 0 Å². The van der Waals surface area contributed by atoms with Crippen molar-refractivity contribution in [2.75, 3.05) is 13.2 Å². The van der Waals surface area contributed by atoms with Crippen LogP contribution in [0.25, 0.3) is 0 Å². The van der Waals surface area contributed by atoms with Gasteiger partial charge in [0.25, 0.3) is 0 Å². The summed E-state index contributed by atoms with van der Waals surface area (Å²) < 4.78 is 0. The molecule has 0 amide bonds. The van der Waals surface area contributed by atoms with Crippen LogP contribution in [0.5, 0.6) is 0 Å². The molecule has 0 unspecified atom stereocenters. The number of aliphatic hydroxyl groups excluding tert-OH is 2. The molecule has 59 valence electrons. The second-order valence-corrected chi connectivity index (χ2v) is 7.74. The van der Waals surface area contributed by atoms with E-state index in [4.69, 9.17) is 10.2 Å². The topological polar surface area (TPSA) is 40.5 Å². The van der Waals surface area contributed by atoms with Crippen molar-refractivity contribution in [1.29, 1.82) is 0 Å². The van der Waals surface area contributed by atoms with E-state index in [-0.39, 0.29) is 13.2 Å². The molecule has 0 atom stereocenters. The summed E-state index contributed by atoms with van der Waals surface area (Å²) in [7, 11) is 0. The minimum absolute atomic E-state index is 0.250. The SMILES string of the molecule is CCO.CCO.[Br][V][Br]. The minimum atomic E-state index is 0.250. The Labute approximate surface area is 77.1 Å². The van der Waals surface area contributed by atoms with Gasteiger partial charge in [0.2, 0.25) is 0 Å². The molecular weight excluding hydrogens is 291 g/mol. The Kier molecular flexibility index (Phi) is 63.6. The molecule has 0 rings (SSSR count). The molecule has 0 heterocycles. The van der Waals surface area contributed by atoms with Crippen molar-refractivity contribution >= 4 is 27.6 Å². The Bertz CT molecular complexity index is 21.3. The first-order valence-electron chi connectivity index (χ1n) is 2.38. The van der Waals surface area contributed by atoms with Gasteiger partial charge in [-0.1, -0.05) is 0 Å². The van der Waals surface area contributed by atoms with Gasteiger partial charge in [0.1, 0.15) is 0 Å². The van der Waals surface area contributed by atoms with Crippen LogP contribution >= 0.6 is 27.6 Å². The fourth-order valence-electron chi connectivity index (χ4n) is 0. The summed E-state index contributed by atoms with van der Waals surface area (Å²) in [4.78, 5) is 0. The third kappa shape index (κ3) is 246.